The monoisotopic (exact) mass is 264 g/mol. The third kappa shape index (κ3) is 2.41. The average molecular weight is 264 g/mol. The molecule has 2 rings (SSSR count). The highest BCUT2D eigenvalue weighted by molar-refractivity contribution is 5.75. The van der Waals surface area contributed by atoms with Crippen molar-refractivity contribution in [1.82, 2.24) is 0 Å². The quantitative estimate of drug-likeness (QED) is 0.765. The second-order valence-electron chi connectivity index (χ2n) is 4.00. The van der Waals surface area contributed by atoms with Crippen LogP contribution in [0.25, 0.3) is 20.8 Å². The van der Waals surface area contributed by atoms with Crippen molar-refractivity contribution in [3.8, 4) is 22.6 Å². The fourth-order valence-electron chi connectivity index (χ4n) is 1.90. The molecule has 0 aliphatic rings. The molecular weight excluding hydrogens is 252 g/mol. The number of hydrogen-bond donors (Lipinski definition) is 0. The Morgan fingerprint density at radius 1 is 0.750 bits per heavy atom. The Bertz CT molecular complexity index is 661. The van der Waals surface area contributed by atoms with Crippen molar-refractivity contribution in [3.05, 3.63) is 59.2 Å². The van der Waals surface area contributed by atoms with E-state index in [-0.39, 0.29) is 0 Å². The predicted molar refractivity (Wildman–Crippen MR) is 77.5 cm³/mol. The van der Waals surface area contributed by atoms with Crippen molar-refractivity contribution < 1.29 is 9.47 Å². The molecule has 20 heavy (non-hydrogen) atoms. The molecule has 0 radical (unpaired) electrons. The van der Waals surface area contributed by atoms with Gasteiger partial charge in [0.2, 0.25) is 11.4 Å². The van der Waals surface area contributed by atoms with E-state index in [9.17, 15) is 0 Å². The van der Waals surface area contributed by atoms with Crippen LogP contribution >= 0.6 is 0 Å². The summed E-state index contributed by atoms with van der Waals surface area (Å²) in [5.41, 5.74) is 2.76. The first-order valence-corrected chi connectivity index (χ1v) is 5.85. The van der Waals surface area contributed by atoms with Crippen molar-refractivity contribution in [2.24, 2.45) is 0 Å². The van der Waals surface area contributed by atoms with Crippen LogP contribution in [0.15, 0.2) is 36.4 Å². The molecule has 0 atom stereocenters. The number of benzene rings is 2. The molecule has 0 amide bonds. The molecule has 0 spiro atoms. The first kappa shape index (κ1) is 13.5. The molecule has 0 fully saturated rings. The van der Waals surface area contributed by atoms with Crippen LogP contribution < -0.4 is 9.47 Å². The van der Waals surface area contributed by atoms with Crippen LogP contribution in [0.2, 0.25) is 0 Å². The molecule has 0 N–H and O–H groups in total. The van der Waals surface area contributed by atoms with E-state index in [2.05, 4.69) is 9.69 Å². The minimum Gasteiger partial charge on any atom is -0.508 e. The predicted octanol–water partition coefficient (Wildman–Crippen LogP) is 4.47. The highest BCUT2D eigenvalue weighted by Crippen LogP contribution is 2.36. The summed E-state index contributed by atoms with van der Waals surface area (Å²) in [4.78, 5) is 6.80. The highest BCUT2D eigenvalue weighted by atomic mass is 16.5. The van der Waals surface area contributed by atoms with Gasteiger partial charge in [-0.15, -0.1) is 0 Å². The summed E-state index contributed by atoms with van der Waals surface area (Å²) < 4.78 is 10.4. The maximum atomic E-state index is 7.07. The molecular formula is C16H12N2O2. The van der Waals surface area contributed by atoms with E-state index in [1.807, 2.05) is 12.1 Å². The molecule has 0 unspecified atom stereocenters. The van der Waals surface area contributed by atoms with Gasteiger partial charge in [-0.05, 0) is 23.3 Å². The molecule has 0 aliphatic heterocycles. The zero-order valence-electron chi connectivity index (χ0n) is 11.2. The summed E-state index contributed by atoms with van der Waals surface area (Å²) in [5.74, 6) is 1.07. The number of hydrogen-bond acceptors (Lipinski definition) is 2. The first-order chi connectivity index (χ1) is 9.73. The SMILES string of the molecule is [C-]#[N+]c1ccc(-c2ccc([N+]#[C-])c(OC)c2)cc1OC. The Balaban J connectivity index is 2.52. The van der Waals surface area contributed by atoms with E-state index in [1.54, 1.807) is 24.3 Å². The molecule has 4 heteroatoms. The summed E-state index contributed by atoms with van der Waals surface area (Å²) in [5, 5.41) is 0. The van der Waals surface area contributed by atoms with Gasteiger partial charge in [0.05, 0.1) is 27.4 Å². The van der Waals surface area contributed by atoms with Gasteiger partial charge >= 0.3 is 0 Å². The van der Waals surface area contributed by atoms with E-state index >= 15 is 0 Å². The third-order valence-corrected chi connectivity index (χ3v) is 2.93. The fraction of sp³-hybridized carbons (Fsp3) is 0.125. The lowest BCUT2D eigenvalue weighted by Crippen LogP contribution is -1.87. The largest absolute Gasteiger partial charge is 0.508 e. The van der Waals surface area contributed by atoms with E-state index in [0.717, 1.165) is 11.1 Å². The van der Waals surface area contributed by atoms with Crippen molar-refractivity contribution >= 4 is 11.4 Å². The van der Waals surface area contributed by atoms with Crippen LogP contribution in [0, 0.1) is 13.1 Å². The summed E-state index contributed by atoms with van der Waals surface area (Å²) in [6, 6.07) is 10.7. The summed E-state index contributed by atoms with van der Waals surface area (Å²) in [7, 11) is 3.08. The van der Waals surface area contributed by atoms with Gasteiger partial charge in [0.1, 0.15) is 11.5 Å². The van der Waals surface area contributed by atoms with Gasteiger partial charge in [0, 0.05) is 0 Å². The van der Waals surface area contributed by atoms with Gasteiger partial charge in [-0.2, -0.15) is 0 Å². The van der Waals surface area contributed by atoms with Gasteiger partial charge in [0.25, 0.3) is 0 Å². The Morgan fingerprint density at radius 3 is 1.45 bits per heavy atom. The summed E-state index contributed by atoms with van der Waals surface area (Å²) >= 11 is 0. The lowest BCUT2D eigenvalue weighted by atomic mass is 10.0. The van der Waals surface area contributed by atoms with Crippen LogP contribution in [0.1, 0.15) is 0 Å². The maximum absolute atomic E-state index is 7.07. The maximum Gasteiger partial charge on any atom is 0.228 e. The average Bonchev–Trinajstić information content (AvgIpc) is 2.53. The molecule has 0 aliphatic carbocycles. The van der Waals surface area contributed by atoms with Gasteiger partial charge in [-0.1, -0.05) is 24.3 Å². The topological polar surface area (TPSA) is 27.2 Å². The zero-order chi connectivity index (χ0) is 14.5. The second-order valence-corrected chi connectivity index (χ2v) is 4.00. The Morgan fingerprint density at radius 2 is 1.15 bits per heavy atom. The first-order valence-electron chi connectivity index (χ1n) is 5.85. The van der Waals surface area contributed by atoms with Crippen LogP contribution in [0.3, 0.4) is 0 Å². The van der Waals surface area contributed by atoms with Crippen molar-refractivity contribution in [1.29, 1.82) is 0 Å². The number of ether oxygens (including phenoxy) is 2. The molecule has 0 heterocycles. The Labute approximate surface area is 117 Å². The smallest absolute Gasteiger partial charge is 0.228 e. The second kappa shape index (κ2) is 5.77. The number of methoxy groups -OCH3 is 2. The molecule has 98 valence electrons. The van der Waals surface area contributed by atoms with Gasteiger partial charge in [0.15, 0.2) is 0 Å². The molecule has 0 bridgehead atoms. The highest BCUT2D eigenvalue weighted by Gasteiger charge is 2.08. The fourth-order valence-corrected chi connectivity index (χ4v) is 1.90. The van der Waals surface area contributed by atoms with E-state index in [0.29, 0.717) is 22.9 Å². The summed E-state index contributed by atoms with van der Waals surface area (Å²) in [6.07, 6.45) is 0. The molecule has 0 aromatic heterocycles. The lowest BCUT2D eigenvalue weighted by Gasteiger charge is -2.09. The van der Waals surface area contributed by atoms with Crippen molar-refractivity contribution in [3.63, 3.8) is 0 Å². The van der Waals surface area contributed by atoms with E-state index in [1.165, 1.54) is 14.2 Å². The molecule has 2 aromatic rings. The molecule has 2 aromatic carbocycles. The zero-order valence-corrected chi connectivity index (χ0v) is 11.2. The molecule has 0 saturated carbocycles. The third-order valence-electron chi connectivity index (χ3n) is 2.93. The minimum absolute atomic E-state index is 0.473. The van der Waals surface area contributed by atoms with Crippen LogP contribution in [-0.2, 0) is 0 Å². The van der Waals surface area contributed by atoms with Crippen LogP contribution in [0.5, 0.6) is 11.5 Å². The van der Waals surface area contributed by atoms with Gasteiger partial charge in [-0.3, -0.25) is 0 Å². The van der Waals surface area contributed by atoms with Crippen LogP contribution in [-0.4, -0.2) is 14.2 Å². The van der Waals surface area contributed by atoms with E-state index in [4.69, 9.17) is 22.6 Å². The van der Waals surface area contributed by atoms with Crippen molar-refractivity contribution in [2.45, 2.75) is 0 Å². The Hall–Kier alpha value is -2.98. The van der Waals surface area contributed by atoms with E-state index < -0.39 is 0 Å². The molecule has 0 saturated heterocycles. The number of rotatable bonds is 3. The van der Waals surface area contributed by atoms with Gasteiger partial charge < -0.3 is 9.47 Å². The van der Waals surface area contributed by atoms with Crippen molar-refractivity contribution in [2.75, 3.05) is 14.2 Å². The molecule has 4 nitrogen and oxygen atoms in total. The van der Waals surface area contributed by atoms with Gasteiger partial charge in [-0.25, -0.2) is 9.69 Å². The van der Waals surface area contributed by atoms with Crippen LogP contribution in [0.4, 0.5) is 11.4 Å². The number of nitrogens with zero attached hydrogens (tertiary/aromatic N) is 2. The summed E-state index contributed by atoms with van der Waals surface area (Å²) in [6.45, 7) is 14.1. The minimum atomic E-state index is 0.473. The lowest BCUT2D eigenvalue weighted by molar-refractivity contribution is 0.417. The normalized spacial score (nSPS) is 9.40. The Kier molecular flexibility index (Phi) is 3.88. The standard InChI is InChI=1S/C16H12N2O2/c1-17-13-7-5-11(9-15(13)19-3)12-6-8-14(18-2)16(10-12)20-4/h5-10H,3-4H3.